The second-order valence-electron chi connectivity index (χ2n) is 4.14. The molecule has 0 spiro atoms. The van der Waals surface area contributed by atoms with E-state index in [1.807, 2.05) is 39.1 Å². The Morgan fingerprint density at radius 3 is 2.83 bits per heavy atom. The first-order valence-corrected chi connectivity index (χ1v) is 6.31. The molecule has 0 saturated heterocycles. The fourth-order valence-corrected chi connectivity index (χ4v) is 1.97. The minimum atomic E-state index is -0.234. The SMILES string of the molecule is Cc1ccc(Cl)c(O[C@@H](C)c2n[nH]c(=S)n2C)c1. The molecule has 0 aliphatic heterocycles. The molecule has 96 valence electrons. The van der Waals surface area contributed by atoms with Crippen LogP contribution in [0.25, 0.3) is 0 Å². The van der Waals surface area contributed by atoms with Gasteiger partial charge in [0, 0.05) is 7.05 Å². The lowest BCUT2D eigenvalue weighted by molar-refractivity contribution is 0.212. The minimum Gasteiger partial charge on any atom is -0.481 e. The molecule has 0 saturated carbocycles. The smallest absolute Gasteiger partial charge is 0.195 e. The van der Waals surface area contributed by atoms with Crippen LogP contribution in [0.15, 0.2) is 18.2 Å². The number of aromatic nitrogens is 3. The number of ether oxygens (including phenoxy) is 1. The van der Waals surface area contributed by atoms with Gasteiger partial charge in [-0.05, 0) is 43.8 Å². The lowest BCUT2D eigenvalue weighted by atomic mass is 10.2. The van der Waals surface area contributed by atoms with Crippen LogP contribution in [0.4, 0.5) is 0 Å². The first-order chi connectivity index (χ1) is 8.49. The standard InChI is InChI=1S/C12H14ClN3OS/c1-7-4-5-9(13)10(6-7)17-8(2)11-14-15-12(18)16(11)3/h4-6,8H,1-3H3,(H,15,18)/t8-/m0/s1. The highest BCUT2D eigenvalue weighted by atomic mass is 35.5. The summed E-state index contributed by atoms with van der Waals surface area (Å²) >= 11 is 11.2. The van der Waals surface area contributed by atoms with E-state index in [0.717, 1.165) is 11.4 Å². The van der Waals surface area contributed by atoms with E-state index >= 15 is 0 Å². The van der Waals surface area contributed by atoms with Crippen molar-refractivity contribution in [1.29, 1.82) is 0 Å². The Morgan fingerprint density at radius 2 is 2.22 bits per heavy atom. The third-order valence-corrected chi connectivity index (χ3v) is 3.35. The molecule has 1 aromatic heterocycles. The highest BCUT2D eigenvalue weighted by Gasteiger charge is 2.15. The van der Waals surface area contributed by atoms with Crippen LogP contribution < -0.4 is 4.74 Å². The van der Waals surface area contributed by atoms with Crippen molar-refractivity contribution in [3.05, 3.63) is 39.4 Å². The van der Waals surface area contributed by atoms with Crippen molar-refractivity contribution in [2.24, 2.45) is 7.05 Å². The highest BCUT2D eigenvalue weighted by Crippen LogP contribution is 2.29. The number of hydrogen-bond donors (Lipinski definition) is 1. The molecule has 2 rings (SSSR count). The number of benzene rings is 1. The molecule has 0 fully saturated rings. The Bertz CT molecular complexity index is 620. The summed E-state index contributed by atoms with van der Waals surface area (Å²) in [6.07, 6.45) is -0.234. The number of nitrogens with zero attached hydrogens (tertiary/aromatic N) is 2. The van der Waals surface area contributed by atoms with E-state index in [0.29, 0.717) is 15.5 Å². The summed E-state index contributed by atoms with van der Waals surface area (Å²) in [6, 6.07) is 5.66. The number of aromatic amines is 1. The molecule has 18 heavy (non-hydrogen) atoms. The summed E-state index contributed by atoms with van der Waals surface area (Å²) in [6.45, 7) is 3.90. The summed E-state index contributed by atoms with van der Waals surface area (Å²) in [5, 5.41) is 7.46. The molecule has 0 radical (unpaired) electrons. The van der Waals surface area contributed by atoms with Gasteiger partial charge in [0.25, 0.3) is 0 Å². The predicted octanol–water partition coefficient (Wildman–Crippen LogP) is 3.58. The molecule has 0 aliphatic carbocycles. The molecule has 0 unspecified atom stereocenters. The highest BCUT2D eigenvalue weighted by molar-refractivity contribution is 7.71. The van der Waals surface area contributed by atoms with Crippen LogP contribution in [0.5, 0.6) is 5.75 Å². The average Bonchev–Trinajstić information content (AvgIpc) is 2.65. The van der Waals surface area contributed by atoms with E-state index in [2.05, 4.69) is 10.2 Å². The normalized spacial score (nSPS) is 12.4. The first kappa shape index (κ1) is 13.1. The van der Waals surface area contributed by atoms with Gasteiger partial charge in [-0.2, -0.15) is 5.10 Å². The van der Waals surface area contributed by atoms with Crippen molar-refractivity contribution in [2.45, 2.75) is 20.0 Å². The summed E-state index contributed by atoms with van der Waals surface area (Å²) in [4.78, 5) is 0. The van der Waals surface area contributed by atoms with Crippen molar-refractivity contribution in [1.82, 2.24) is 14.8 Å². The molecule has 1 aromatic carbocycles. The molecule has 2 aromatic rings. The van der Waals surface area contributed by atoms with E-state index in [4.69, 9.17) is 28.6 Å². The second-order valence-corrected chi connectivity index (χ2v) is 4.93. The fraction of sp³-hybridized carbons (Fsp3) is 0.333. The zero-order chi connectivity index (χ0) is 13.3. The topological polar surface area (TPSA) is 42.8 Å². The van der Waals surface area contributed by atoms with Crippen molar-refractivity contribution < 1.29 is 4.74 Å². The Kier molecular flexibility index (Phi) is 3.73. The van der Waals surface area contributed by atoms with Crippen LogP contribution in [0.3, 0.4) is 0 Å². The third kappa shape index (κ3) is 2.57. The van der Waals surface area contributed by atoms with Crippen LogP contribution in [0.2, 0.25) is 5.02 Å². The Balaban J connectivity index is 2.26. The minimum absolute atomic E-state index is 0.234. The van der Waals surface area contributed by atoms with Gasteiger partial charge in [-0.3, -0.25) is 5.10 Å². The van der Waals surface area contributed by atoms with Gasteiger partial charge in [-0.15, -0.1) is 0 Å². The number of hydrogen-bond acceptors (Lipinski definition) is 3. The maximum absolute atomic E-state index is 6.09. The largest absolute Gasteiger partial charge is 0.481 e. The molecular formula is C12H14ClN3OS. The van der Waals surface area contributed by atoms with Crippen molar-refractivity contribution in [2.75, 3.05) is 0 Å². The van der Waals surface area contributed by atoms with Gasteiger partial charge in [0.2, 0.25) is 0 Å². The third-order valence-electron chi connectivity index (χ3n) is 2.67. The summed E-state index contributed by atoms with van der Waals surface area (Å²) in [5.74, 6) is 1.38. The molecule has 0 aliphatic rings. The molecule has 1 N–H and O–H groups in total. The van der Waals surface area contributed by atoms with Gasteiger partial charge in [0.1, 0.15) is 5.75 Å². The zero-order valence-electron chi connectivity index (χ0n) is 10.4. The van der Waals surface area contributed by atoms with E-state index in [1.165, 1.54) is 0 Å². The number of rotatable bonds is 3. The molecule has 1 atom stereocenters. The number of aryl methyl sites for hydroxylation is 1. The fourth-order valence-electron chi connectivity index (χ4n) is 1.67. The average molecular weight is 284 g/mol. The maximum atomic E-state index is 6.09. The number of halogens is 1. The van der Waals surface area contributed by atoms with Crippen molar-refractivity contribution >= 4 is 23.8 Å². The summed E-state index contributed by atoms with van der Waals surface area (Å²) < 4.78 is 8.17. The van der Waals surface area contributed by atoms with E-state index in [9.17, 15) is 0 Å². The van der Waals surface area contributed by atoms with Crippen LogP contribution in [-0.4, -0.2) is 14.8 Å². The Morgan fingerprint density at radius 1 is 1.50 bits per heavy atom. The van der Waals surface area contributed by atoms with Crippen LogP contribution >= 0.6 is 23.8 Å². The number of H-pyrrole nitrogens is 1. The van der Waals surface area contributed by atoms with Crippen LogP contribution in [0.1, 0.15) is 24.4 Å². The quantitative estimate of drug-likeness (QED) is 0.876. The van der Waals surface area contributed by atoms with E-state index < -0.39 is 0 Å². The van der Waals surface area contributed by atoms with Gasteiger partial charge in [0.05, 0.1) is 5.02 Å². The summed E-state index contributed by atoms with van der Waals surface area (Å²) in [7, 11) is 1.85. The van der Waals surface area contributed by atoms with Crippen molar-refractivity contribution in [3.63, 3.8) is 0 Å². The first-order valence-electron chi connectivity index (χ1n) is 5.53. The predicted molar refractivity (Wildman–Crippen MR) is 73.6 cm³/mol. The lowest BCUT2D eigenvalue weighted by Gasteiger charge is -2.15. The molecule has 1 heterocycles. The van der Waals surface area contributed by atoms with Gasteiger partial charge < -0.3 is 9.30 Å². The van der Waals surface area contributed by atoms with Gasteiger partial charge in [0.15, 0.2) is 16.7 Å². The molecule has 0 bridgehead atoms. The molecule has 0 amide bonds. The van der Waals surface area contributed by atoms with Crippen LogP contribution in [0, 0.1) is 11.7 Å². The second kappa shape index (κ2) is 5.12. The lowest BCUT2D eigenvalue weighted by Crippen LogP contribution is -2.10. The van der Waals surface area contributed by atoms with Gasteiger partial charge >= 0.3 is 0 Å². The van der Waals surface area contributed by atoms with Crippen LogP contribution in [-0.2, 0) is 7.05 Å². The number of nitrogens with one attached hydrogen (secondary N) is 1. The zero-order valence-corrected chi connectivity index (χ0v) is 12.0. The van der Waals surface area contributed by atoms with Gasteiger partial charge in [-0.1, -0.05) is 17.7 Å². The molecule has 6 heteroatoms. The molecular weight excluding hydrogens is 270 g/mol. The van der Waals surface area contributed by atoms with E-state index in [-0.39, 0.29) is 6.10 Å². The Hall–Kier alpha value is -1.33. The van der Waals surface area contributed by atoms with E-state index in [1.54, 1.807) is 4.57 Å². The summed E-state index contributed by atoms with van der Waals surface area (Å²) in [5.41, 5.74) is 1.09. The molecule has 4 nitrogen and oxygen atoms in total. The van der Waals surface area contributed by atoms with Gasteiger partial charge in [-0.25, -0.2) is 0 Å². The maximum Gasteiger partial charge on any atom is 0.195 e. The Labute approximate surface area is 116 Å². The monoisotopic (exact) mass is 283 g/mol. The van der Waals surface area contributed by atoms with Crippen molar-refractivity contribution in [3.8, 4) is 5.75 Å².